The van der Waals surface area contributed by atoms with Crippen LogP contribution in [0.3, 0.4) is 0 Å². The van der Waals surface area contributed by atoms with Gasteiger partial charge in [0.2, 0.25) is 0 Å². The molecule has 1 N–H and O–H groups in total. The van der Waals surface area contributed by atoms with Gasteiger partial charge in [-0.15, -0.1) is 0 Å². The molecule has 0 amide bonds. The van der Waals surface area contributed by atoms with Crippen molar-refractivity contribution in [3.63, 3.8) is 0 Å². The van der Waals surface area contributed by atoms with Gasteiger partial charge >= 0.3 is 0 Å². The first-order chi connectivity index (χ1) is 6.85. The summed E-state index contributed by atoms with van der Waals surface area (Å²) in [7, 11) is 0. The molecule has 3 atom stereocenters. The minimum atomic E-state index is -0.407. The van der Waals surface area contributed by atoms with Crippen molar-refractivity contribution in [2.75, 3.05) is 0 Å². The molecular formula is C13H22O2. The summed E-state index contributed by atoms with van der Waals surface area (Å²) < 4.78 is 6.01. The zero-order valence-corrected chi connectivity index (χ0v) is 10.2. The van der Waals surface area contributed by atoms with Crippen LogP contribution in [0.1, 0.15) is 47.0 Å². The van der Waals surface area contributed by atoms with Crippen LogP contribution >= 0.6 is 0 Å². The molecule has 1 fully saturated rings. The highest BCUT2D eigenvalue weighted by Crippen LogP contribution is 2.51. The predicted octanol–water partition coefficient (Wildman–Crippen LogP) is 2.66. The van der Waals surface area contributed by atoms with Gasteiger partial charge in [-0.1, -0.05) is 19.9 Å². The number of fused-ring (bicyclic) bond motifs is 1. The number of hydrogen-bond donors (Lipinski definition) is 1. The normalized spacial score (nSPS) is 40.9. The highest BCUT2D eigenvalue weighted by Gasteiger charge is 2.48. The molecule has 1 aliphatic carbocycles. The van der Waals surface area contributed by atoms with E-state index in [-0.39, 0.29) is 17.1 Å². The lowest BCUT2D eigenvalue weighted by molar-refractivity contribution is -0.0807. The summed E-state index contributed by atoms with van der Waals surface area (Å²) in [4.78, 5) is 0. The summed E-state index contributed by atoms with van der Waals surface area (Å²) in [6.45, 7) is 8.53. The molecule has 0 aromatic rings. The van der Waals surface area contributed by atoms with Crippen LogP contribution in [-0.2, 0) is 4.74 Å². The zero-order valence-electron chi connectivity index (χ0n) is 10.2. The van der Waals surface area contributed by atoms with E-state index < -0.39 is 6.10 Å². The molecule has 2 nitrogen and oxygen atoms in total. The van der Waals surface area contributed by atoms with E-state index in [0.29, 0.717) is 0 Å². The number of hydrogen-bond acceptors (Lipinski definition) is 2. The van der Waals surface area contributed by atoms with Crippen molar-refractivity contribution in [2.45, 2.75) is 64.8 Å². The molecule has 1 heterocycles. The van der Waals surface area contributed by atoms with E-state index in [0.717, 1.165) is 6.42 Å². The van der Waals surface area contributed by atoms with E-state index in [9.17, 15) is 5.11 Å². The largest absolute Gasteiger partial charge is 0.390 e. The maximum Gasteiger partial charge on any atom is 0.103 e. The Balaban J connectivity index is 2.32. The van der Waals surface area contributed by atoms with E-state index in [2.05, 4.69) is 26.8 Å². The minimum Gasteiger partial charge on any atom is -0.390 e. The molecule has 0 saturated heterocycles. The number of ether oxygens (including phenoxy) is 1. The van der Waals surface area contributed by atoms with Gasteiger partial charge in [0.25, 0.3) is 0 Å². The quantitative estimate of drug-likeness (QED) is 0.674. The fourth-order valence-electron chi connectivity index (χ4n) is 3.11. The summed E-state index contributed by atoms with van der Waals surface area (Å²) in [5.41, 5.74) is 1.51. The van der Waals surface area contributed by atoms with E-state index in [1.165, 1.54) is 18.4 Å². The van der Waals surface area contributed by atoms with E-state index >= 15 is 0 Å². The van der Waals surface area contributed by atoms with Crippen molar-refractivity contribution in [3.8, 4) is 0 Å². The average Bonchev–Trinajstić information content (AvgIpc) is 2.43. The molecular weight excluding hydrogens is 188 g/mol. The summed E-state index contributed by atoms with van der Waals surface area (Å²) in [5.74, 6) is 0. The molecule has 0 aromatic heterocycles. The average molecular weight is 210 g/mol. The molecule has 86 valence electrons. The molecule has 1 saturated carbocycles. The molecule has 1 aliphatic heterocycles. The smallest absolute Gasteiger partial charge is 0.103 e. The standard InChI is InChI=1S/C13H22O2/c1-9(14)10-8-11-12(2,3)6-5-7-13(11,4)15-10/h8-10,14H,5-7H2,1-4H3/t9?,10-,13+/m0/s1. The van der Waals surface area contributed by atoms with Gasteiger partial charge in [-0.25, -0.2) is 0 Å². The van der Waals surface area contributed by atoms with Gasteiger partial charge in [0.05, 0.1) is 11.7 Å². The van der Waals surface area contributed by atoms with Crippen LogP contribution in [0.5, 0.6) is 0 Å². The summed E-state index contributed by atoms with van der Waals surface area (Å²) in [6, 6.07) is 0. The Bertz CT molecular complexity index is 291. The molecule has 2 heteroatoms. The highest BCUT2D eigenvalue weighted by atomic mass is 16.5. The SMILES string of the molecule is CC(O)[C@@H]1C=C2C(C)(C)CCC[C@@]2(C)O1. The van der Waals surface area contributed by atoms with Crippen molar-refractivity contribution in [2.24, 2.45) is 5.41 Å². The van der Waals surface area contributed by atoms with Gasteiger partial charge in [0.1, 0.15) is 6.10 Å². The van der Waals surface area contributed by atoms with E-state index in [1.54, 1.807) is 6.92 Å². The van der Waals surface area contributed by atoms with Crippen LogP contribution in [0.25, 0.3) is 0 Å². The predicted molar refractivity (Wildman–Crippen MR) is 60.7 cm³/mol. The van der Waals surface area contributed by atoms with E-state index in [4.69, 9.17) is 4.74 Å². The van der Waals surface area contributed by atoms with Crippen molar-refractivity contribution in [3.05, 3.63) is 11.6 Å². The van der Waals surface area contributed by atoms with Gasteiger partial charge in [-0.05, 0) is 44.1 Å². The van der Waals surface area contributed by atoms with Crippen LogP contribution < -0.4 is 0 Å². The lowest BCUT2D eigenvalue weighted by atomic mass is 9.67. The Morgan fingerprint density at radius 3 is 2.60 bits per heavy atom. The third-order valence-corrected chi connectivity index (χ3v) is 3.96. The summed E-state index contributed by atoms with van der Waals surface area (Å²) in [5, 5.41) is 9.61. The lowest BCUT2D eigenvalue weighted by Gasteiger charge is -2.42. The van der Waals surface area contributed by atoms with Crippen LogP contribution in [0.2, 0.25) is 0 Å². The summed E-state index contributed by atoms with van der Waals surface area (Å²) >= 11 is 0. The fraction of sp³-hybridized carbons (Fsp3) is 0.846. The maximum absolute atomic E-state index is 9.61. The third-order valence-electron chi connectivity index (χ3n) is 3.96. The molecule has 0 radical (unpaired) electrons. The lowest BCUT2D eigenvalue weighted by Crippen LogP contribution is -2.40. The van der Waals surface area contributed by atoms with Crippen LogP contribution in [0.4, 0.5) is 0 Å². The molecule has 2 aliphatic rings. The van der Waals surface area contributed by atoms with Gasteiger partial charge < -0.3 is 9.84 Å². The fourth-order valence-corrected chi connectivity index (χ4v) is 3.11. The van der Waals surface area contributed by atoms with Crippen LogP contribution in [-0.4, -0.2) is 22.9 Å². The van der Waals surface area contributed by atoms with Gasteiger partial charge in [-0.3, -0.25) is 0 Å². The highest BCUT2D eigenvalue weighted by molar-refractivity contribution is 5.31. The first-order valence-electron chi connectivity index (χ1n) is 5.94. The van der Waals surface area contributed by atoms with Crippen molar-refractivity contribution >= 4 is 0 Å². The Kier molecular flexibility index (Phi) is 2.47. The van der Waals surface area contributed by atoms with E-state index in [1.807, 2.05) is 0 Å². The molecule has 0 spiro atoms. The molecule has 0 bridgehead atoms. The Morgan fingerprint density at radius 1 is 1.40 bits per heavy atom. The van der Waals surface area contributed by atoms with Crippen LogP contribution in [0.15, 0.2) is 11.6 Å². The number of rotatable bonds is 1. The van der Waals surface area contributed by atoms with Crippen molar-refractivity contribution in [1.82, 2.24) is 0 Å². The molecule has 0 aromatic carbocycles. The summed E-state index contributed by atoms with van der Waals surface area (Å²) in [6.07, 6.45) is 5.17. The monoisotopic (exact) mass is 210 g/mol. The number of aliphatic hydroxyl groups excluding tert-OH is 1. The Hall–Kier alpha value is -0.340. The second kappa shape index (κ2) is 3.33. The maximum atomic E-state index is 9.61. The topological polar surface area (TPSA) is 29.5 Å². The molecule has 15 heavy (non-hydrogen) atoms. The number of aliphatic hydroxyl groups is 1. The van der Waals surface area contributed by atoms with Crippen molar-refractivity contribution in [1.29, 1.82) is 0 Å². The van der Waals surface area contributed by atoms with Crippen LogP contribution in [0, 0.1) is 5.41 Å². The first-order valence-corrected chi connectivity index (χ1v) is 5.94. The zero-order chi connectivity index (χ0) is 11.3. The molecule has 1 unspecified atom stereocenters. The van der Waals surface area contributed by atoms with Gasteiger partial charge in [0.15, 0.2) is 0 Å². The second-order valence-corrected chi connectivity index (χ2v) is 5.87. The second-order valence-electron chi connectivity index (χ2n) is 5.87. The van der Waals surface area contributed by atoms with Gasteiger partial charge in [-0.2, -0.15) is 0 Å². The first kappa shape index (κ1) is 11.2. The third kappa shape index (κ3) is 1.74. The Morgan fingerprint density at radius 2 is 2.07 bits per heavy atom. The minimum absolute atomic E-state index is 0.109. The van der Waals surface area contributed by atoms with Crippen molar-refractivity contribution < 1.29 is 9.84 Å². The Labute approximate surface area is 92.3 Å². The van der Waals surface area contributed by atoms with Gasteiger partial charge in [0, 0.05) is 0 Å². The molecule has 2 rings (SSSR count).